The van der Waals surface area contributed by atoms with Crippen LogP contribution in [0.4, 0.5) is 11.4 Å². The maximum Gasteiger partial charge on any atom is 0.314 e. The Labute approximate surface area is 167 Å². The third-order valence-corrected chi connectivity index (χ3v) is 4.92. The van der Waals surface area contributed by atoms with Crippen molar-refractivity contribution in [2.24, 2.45) is 0 Å². The lowest BCUT2D eigenvalue weighted by molar-refractivity contribution is -0.133. The van der Waals surface area contributed by atoms with Crippen molar-refractivity contribution in [3.8, 4) is 0 Å². The molecule has 0 unspecified atom stereocenters. The van der Waals surface area contributed by atoms with Crippen LogP contribution in [-0.4, -0.2) is 17.6 Å². The lowest BCUT2D eigenvalue weighted by Gasteiger charge is -2.11. The summed E-state index contributed by atoms with van der Waals surface area (Å²) in [4.78, 5) is 37.9. The van der Waals surface area contributed by atoms with Crippen LogP contribution >= 0.6 is 11.8 Å². The Morgan fingerprint density at radius 2 is 1.43 bits per heavy atom. The minimum absolute atomic E-state index is 0.118. The molecule has 0 aliphatic heterocycles. The number of nitrogens with one attached hydrogen (secondary N) is 2. The van der Waals surface area contributed by atoms with Gasteiger partial charge in [0.15, 0.2) is 5.78 Å². The van der Waals surface area contributed by atoms with Crippen molar-refractivity contribution in [2.75, 3.05) is 10.6 Å². The second kappa shape index (κ2) is 9.01. The SMILES string of the molecule is CC(=O)c1cccc(NC(=O)C(=O)Nc2ccccc2Sc2ccccc2)c1. The van der Waals surface area contributed by atoms with Crippen LogP contribution in [0.15, 0.2) is 88.7 Å². The van der Waals surface area contributed by atoms with Gasteiger partial charge in [0.25, 0.3) is 0 Å². The van der Waals surface area contributed by atoms with E-state index in [1.807, 2.05) is 42.5 Å². The molecule has 3 rings (SSSR count). The van der Waals surface area contributed by atoms with E-state index in [9.17, 15) is 14.4 Å². The summed E-state index contributed by atoms with van der Waals surface area (Å²) in [5.41, 5.74) is 1.40. The van der Waals surface area contributed by atoms with Crippen molar-refractivity contribution in [1.82, 2.24) is 0 Å². The van der Waals surface area contributed by atoms with E-state index >= 15 is 0 Å². The highest BCUT2D eigenvalue weighted by Gasteiger charge is 2.16. The zero-order valence-corrected chi connectivity index (χ0v) is 16.0. The summed E-state index contributed by atoms with van der Waals surface area (Å²) in [7, 11) is 0. The Morgan fingerprint density at radius 1 is 0.750 bits per heavy atom. The predicted molar refractivity (Wildman–Crippen MR) is 111 cm³/mol. The van der Waals surface area contributed by atoms with Gasteiger partial charge in [-0.25, -0.2) is 0 Å². The van der Waals surface area contributed by atoms with Crippen molar-refractivity contribution >= 4 is 40.7 Å². The average molecular weight is 390 g/mol. The molecule has 0 saturated carbocycles. The van der Waals surface area contributed by atoms with Gasteiger partial charge in [0, 0.05) is 21.0 Å². The molecule has 28 heavy (non-hydrogen) atoms. The number of para-hydroxylation sites is 1. The molecule has 3 aromatic rings. The molecule has 140 valence electrons. The van der Waals surface area contributed by atoms with E-state index in [2.05, 4.69) is 10.6 Å². The van der Waals surface area contributed by atoms with E-state index in [1.54, 1.807) is 30.3 Å². The predicted octanol–water partition coefficient (Wildman–Crippen LogP) is 4.62. The molecule has 0 fully saturated rings. The molecule has 0 saturated heterocycles. The smallest absolute Gasteiger partial charge is 0.314 e. The number of benzene rings is 3. The molecule has 0 aliphatic carbocycles. The first kappa shape index (κ1) is 19.4. The monoisotopic (exact) mass is 390 g/mol. The minimum atomic E-state index is -0.805. The molecule has 0 aromatic heterocycles. The normalized spacial score (nSPS) is 10.2. The molecule has 3 aromatic carbocycles. The van der Waals surface area contributed by atoms with Gasteiger partial charge in [0.2, 0.25) is 0 Å². The maximum absolute atomic E-state index is 12.3. The molecule has 0 heterocycles. The summed E-state index contributed by atoms with van der Waals surface area (Å²) >= 11 is 1.49. The van der Waals surface area contributed by atoms with Crippen molar-refractivity contribution in [3.05, 3.63) is 84.4 Å². The number of ketones is 1. The quantitative estimate of drug-likeness (QED) is 0.492. The van der Waals surface area contributed by atoms with Gasteiger partial charge in [-0.2, -0.15) is 0 Å². The number of amides is 2. The zero-order valence-electron chi connectivity index (χ0n) is 15.1. The Kier molecular flexibility index (Phi) is 6.24. The molecule has 6 heteroatoms. The van der Waals surface area contributed by atoms with E-state index in [0.29, 0.717) is 16.9 Å². The topological polar surface area (TPSA) is 75.3 Å². The third-order valence-electron chi connectivity index (χ3n) is 3.84. The molecule has 0 bridgehead atoms. The van der Waals surface area contributed by atoms with Crippen LogP contribution in [-0.2, 0) is 9.59 Å². The summed E-state index contributed by atoms with van der Waals surface area (Å²) in [5.74, 6) is -1.71. The van der Waals surface area contributed by atoms with E-state index in [-0.39, 0.29) is 5.78 Å². The van der Waals surface area contributed by atoms with Crippen LogP contribution in [0.3, 0.4) is 0 Å². The van der Waals surface area contributed by atoms with Gasteiger partial charge in [-0.05, 0) is 43.3 Å². The first-order chi connectivity index (χ1) is 13.5. The molecule has 2 amide bonds. The number of hydrogen-bond acceptors (Lipinski definition) is 4. The number of carbonyl (C=O) groups is 3. The number of Topliss-reactive ketones (excluding diaryl/α,β-unsaturated/α-hetero) is 1. The van der Waals surface area contributed by atoms with E-state index < -0.39 is 11.8 Å². The molecular weight excluding hydrogens is 372 g/mol. The van der Waals surface area contributed by atoms with Crippen molar-refractivity contribution in [3.63, 3.8) is 0 Å². The van der Waals surface area contributed by atoms with Crippen LogP contribution in [0.1, 0.15) is 17.3 Å². The second-order valence-electron chi connectivity index (χ2n) is 5.96. The Morgan fingerprint density at radius 3 is 2.18 bits per heavy atom. The largest absolute Gasteiger partial charge is 0.318 e. The third kappa shape index (κ3) is 5.08. The van der Waals surface area contributed by atoms with Crippen LogP contribution in [0.5, 0.6) is 0 Å². The lowest BCUT2D eigenvalue weighted by Crippen LogP contribution is -2.29. The second-order valence-corrected chi connectivity index (χ2v) is 7.07. The van der Waals surface area contributed by atoms with Crippen LogP contribution < -0.4 is 10.6 Å². The summed E-state index contributed by atoms with van der Waals surface area (Å²) in [6.45, 7) is 1.44. The standard InChI is InChI=1S/C22H18N2O3S/c1-15(25)16-8-7-9-17(14-16)23-21(26)22(27)24-19-12-5-6-13-20(19)28-18-10-3-2-4-11-18/h2-14H,1H3,(H,23,26)(H,24,27). The van der Waals surface area contributed by atoms with E-state index in [1.165, 1.54) is 24.8 Å². The van der Waals surface area contributed by atoms with Crippen LogP contribution in [0.25, 0.3) is 0 Å². The summed E-state index contributed by atoms with van der Waals surface area (Å²) in [6.07, 6.45) is 0. The molecular formula is C22H18N2O3S. The van der Waals surface area contributed by atoms with Gasteiger partial charge >= 0.3 is 11.8 Å². The highest BCUT2D eigenvalue weighted by molar-refractivity contribution is 7.99. The molecule has 0 atom stereocenters. The fourth-order valence-corrected chi connectivity index (χ4v) is 3.38. The van der Waals surface area contributed by atoms with E-state index in [4.69, 9.17) is 0 Å². The van der Waals surface area contributed by atoms with Crippen LogP contribution in [0, 0.1) is 0 Å². The number of anilines is 2. The lowest BCUT2D eigenvalue weighted by atomic mass is 10.1. The number of hydrogen-bond donors (Lipinski definition) is 2. The van der Waals surface area contributed by atoms with E-state index in [0.717, 1.165) is 9.79 Å². The summed E-state index contributed by atoms with van der Waals surface area (Å²) in [5, 5.41) is 5.17. The van der Waals surface area contributed by atoms with Gasteiger partial charge in [-0.1, -0.05) is 54.2 Å². The zero-order chi connectivity index (χ0) is 19.9. The van der Waals surface area contributed by atoms with Gasteiger partial charge < -0.3 is 10.6 Å². The van der Waals surface area contributed by atoms with Gasteiger partial charge in [0.05, 0.1) is 5.69 Å². The summed E-state index contributed by atoms with van der Waals surface area (Å²) in [6, 6.07) is 23.5. The van der Waals surface area contributed by atoms with Gasteiger partial charge in [0.1, 0.15) is 0 Å². The Hall–Kier alpha value is -3.38. The first-order valence-corrected chi connectivity index (χ1v) is 9.40. The Bertz CT molecular complexity index is 1020. The molecule has 0 spiro atoms. The summed E-state index contributed by atoms with van der Waals surface area (Å²) < 4.78 is 0. The number of carbonyl (C=O) groups excluding carboxylic acids is 3. The average Bonchev–Trinajstić information content (AvgIpc) is 2.70. The van der Waals surface area contributed by atoms with Crippen molar-refractivity contribution < 1.29 is 14.4 Å². The first-order valence-electron chi connectivity index (χ1n) is 8.58. The van der Waals surface area contributed by atoms with Crippen molar-refractivity contribution in [1.29, 1.82) is 0 Å². The van der Waals surface area contributed by atoms with Crippen molar-refractivity contribution in [2.45, 2.75) is 16.7 Å². The Balaban J connectivity index is 1.70. The van der Waals surface area contributed by atoms with Crippen LogP contribution in [0.2, 0.25) is 0 Å². The molecule has 0 aliphatic rings. The highest BCUT2D eigenvalue weighted by atomic mass is 32.2. The molecule has 2 N–H and O–H groups in total. The fourth-order valence-electron chi connectivity index (χ4n) is 2.46. The number of rotatable bonds is 5. The van der Waals surface area contributed by atoms with Gasteiger partial charge in [-0.15, -0.1) is 0 Å². The molecule has 5 nitrogen and oxygen atoms in total. The fraction of sp³-hybridized carbons (Fsp3) is 0.0455. The highest BCUT2D eigenvalue weighted by Crippen LogP contribution is 2.33. The van der Waals surface area contributed by atoms with Gasteiger partial charge in [-0.3, -0.25) is 14.4 Å². The maximum atomic E-state index is 12.3. The minimum Gasteiger partial charge on any atom is -0.318 e. The molecule has 0 radical (unpaired) electrons.